The van der Waals surface area contributed by atoms with Gasteiger partial charge in [-0.05, 0) is 24.7 Å². The third-order valence-corrected chi connectivity index (χ3v) is 3.56. The summed E-state index contributed by atoms with van der Waals surface area (Å²) in [5.74, 6) is 1.95. The highest BCUT2D eigenvalue weighted by Crippen LogP contribution is 2.38. The van der Waals surface area contributed by atoms with E-state index in [9.17, 15) is 4.79 Å². The third kappa shape index (κ3) is 2.51. The molecule has 0 bridgehead atoms. The van der Waals surface area contributed by atoms with Crippen LogP contribution in [0.5, 0.6) is 0 Å². The summed E-state index contributed by atoms with van der Waals surface area (Å²) in [4.78, 5) is 14.0. The first-order chi connectivity index (χ1) is 7.08. The van der Waals surface area contributed by atoms with Gasteiger partial charge in [0.05, 0.1) is 6.04 Å². The lowest BCUT2D eigenvalue weighted by molar-refractivity contribution is -0.129. The fraction of sp³-hybridized carbons (Fsp3) is 0.917. The van der Waals surface area contributed by atoms with Gasteiger partial charge in [-0.25, -0.2) is 0 Å². The molecule has 2 aliphatic rings. The molecule has 0 aromatic rings. The molecule has 1 saturated heterocycles. The highest BCUT2D eigenvalue weighted by molar-refractivity contribution is 5.84. The number of likely N-dealkylation sites (tertiary alicyclic amines) is 1. The second-order valence-electron chi connectivity index (χ2n) is 5.42. The molecular weight excluding hydrogens is 188 g/mol. The summed E-state index contributed by atoms with van der Waals surface area (Å²) in [5, 5.41) is 3.34. The van der Waals surface area contributed by atoms with Gasteiger partial charge in [0.1, 0.15) is 0 Å². The highest BCUT2D eigenvalue weighted by Gasteiger charge is 2.39. The lowest BCUT2D eigenvalue weighted by atomic mass is 10.2. The number of nitrogens with one attached hydrogen (secondary N) is 1. The quantitative estimate of drug-likeness (QED) is 0.757. The summed E-state index contributed by atoms with van der Waals surface area (Å²) in [5.41, 5.74) is 0. The number of carbonyl (C=O) groups is 1. The second-order valence-corrected chi connectivity index (χ2v) is 5.42. The SMILES string of the molecule is CC(C)NC1CCN(CC2CC2C)C1=O. The van der Waals surface area contributed by atoms with Crippen LogP contribution in [0.4, 0.5) is 0 Å². The molecular formula is C12H22N2O. The molecule has 3 atom stereocenters. The van der Waals surface area contributed by atoms with Crippen LogP contribution < -0.4 is 5.32 Å². The van der Waals surface area contributed by atoms with Gasteiger partial charge in [-0.2, -0.15) is 0 Å². The number of hydrogen-bond acceptors (Lipinski definition) is 2. The first-order valence-electron chi connectivity index (χ1n) is 6.12. The maximum Gasteiger partial charge on any atom is 0.239 e. The predicted octanol–water partition coefficient (Wildman–Crippen LogP) is 1.24. The van der Waals surface area contributed by atoms with Gasteiger partial charge in [0, 0.05) is 19.1 Å². The van der Waals surface area contributed by atoms with Crippen molar-refractivity contribution in [2.75, 3.05) is 13.1 Å². The Balaban J connectivity index is 1.81. The molecule has 1 aliphatic heterocycles. The van der Waals surface area contributed by atoms with Gasteiger partial charge in [0.25, 0.3) is 0 Å². The molecule has 0 aromatic heterocycles. The molecule has 3 nitrogen and oxygen atoms in total. The first-order valence-corrected chi connectivity index (χ1v) is 6.12. The molecule has 3 heteroatoms. The van der Waals surface area contributed by atoms with Crippen molar-refractivity contribution in [1.82, 2.24) is 10.2 Å². The van der Waals surface area contributed by atoms with E-state index in [1.807, 2.05) is 4.90 Å². The van der Waals surface area contributed by atoms with E-state index < -0.39 is 0 Å². The summed E-state index contributed by atoms with van der Waals surface area (Å²) < 4.78 is 0. The van der Waals surface area contributed by atoms with E-state index in [1.165, 1.54) is 6.42 Å². The van der Waals surface area contributed by atoms with Crippen LogP contribution in [0.1, 0.15) is 33.6 Å². The van der Waals surface area contributed by atoms with E-state index in [2.05, 4.69) is 26.1 Å². The van der Waals surface area contributed by atoms with E-state index in [4.69, 9.17) is 0 Å². The number of nitrogens with zero attached hydrogens (tertiary/aromatic N) is 1. The molecule has 3 unspecified atom stereocenters. The minimum Gasteiger partial charge on any atom is -0.341 e. The fourth-order valence-corrected chi connectivity index (χ4v) is 2.41. The Labute approximate surface area is 92.2 Å². The Morgan fingerprint density at radius 3 is 2.73 bits per heavy atom. The molecule has 1 saturated carbocycles. The van der Waals surface area contributed by atoms with Crippen molar-refractivity contribution in [1.29, 1.82) is 0 Å². The molecule has 0 spiro atoms. The van der Waals surface area contributed by atoms with Gasteiger partial charge < -0.3 is 10.2 Å². The van der Waals surface area contributed by atoms with E-state index in [0.717, 1.165) is 31.3 Å². The van der Waals surface area contributed by atoms with Crippen LogP contribution in [0.3, 0.4) is 0 Å². The van der Waals surface area contributed by atoms with Crippen molar-refractivity contribution in [2.45, 2.75) is 45.7 Å². The second kappa shape index (κ2) is 4.12. The number of amides is 1. The zero-order valence-electron chi connectivity index (χ0n) is 9.99. The van der Waals surface area contributed by atoms with Gasteiger partial charge in [0.15, 0.2) is 0 Å². The molecule has 1 N–H and O–H groups in total. The Morgan fingerprint density at radius 2 is 2.20 bits per heavy atom. The summed E-state index contributed by atoms with van der Waals surface area (Å²) in [6.45, 7) is 8.41. The Hall–Kier alpha value is -0.570. The summed E-state index contributed by atoms with van der Waals surface area (Å²) in [6.07, 6.45) is 2.30. The zero-order valence-corrected chi connectivity index (χ0v) is 9.99. The van der Waals surface area contributed by atoms with E-state index in [1.54, 1.807) is 0 Å². The molecule has 1 heterocycles. The Kier molecular flexibility index (Phi) is 3.01. The van der Waals surface area contributed by atoms with E-state index in [-0.39, 0.29) is 6.04 Å². The first kappa shape index (κ1) is 10.9. The van der Waals surface area contributed by atoms with Crippen LogP contribution in [-0.2, 0) is 4.79 Å². The molecule has 0 radical (unpaired) electrons. The minimum atomic E-state index is 0.0825. The van der Waals surface area contributed by atoms with Gasteiger partial charge >= 0.3 is 0 Å². The normalized spacial score (nSPS) is 35.3. The molecule has 0 aromatic carbocycles. The molecule has 1 aliphatic carbocycles. The maximum absolute atomic E-state index is 12.0. The summed E-state index contributed by atoms with van der Waals surface area (Å²) in [7, 11) is 0. The molecule has 2 fully saturated rings. The maximum atomic E-state index is 12.0. The molecule has 86 valence electrons. The van der Waals surface area contributed by atoms with Gasteiger partial charge in [-0.3, -0.25) is 4.79 Å². The lowest BCUT2D eigenvalue weighted by Crippen LogP contribution is -2.42. The smallest absolute Gasteiger partial charge is 0.239 e. The van der Waals surface area contributed by atoms with Crippen LogP contribution in [-0.4, -0.2) is 36.0 Å². The van der Waals surface area contributed by atoms with Gasteiger partial charge in [-0.1, -0.05) is 20.8 Å². The standard InChI is InChI=1S/C12H22N2O/c1-8(2)13-11-4-5-14(12(11)15)7-10-6-9(10)3/h8-11,13H,4-7H2,1-3H3. The predicted molar refractivity (Wildman–Crippen MR) is 60.5 cm³/mol. The van der Waals surface area contributed by atoms with Crippen molar-refractivity contribution in [3.8, 4) is 0 Å². The number of rotatable bonds is 4. The molecule has 1 amide bonds. The van der Waals surface area contributed by atoms with E-state index >= 15 is 0 Å². The van der Waals surface area contributed by atoms with Crippen LogP contribution in [0.2, 0.25) is 0 Å². The van der Waals surface area contributed by atoms with Gasteiger partial charge in [-0.15, -0.1) is 0 Å². The number of carbonyl (C=O) groups excluding carboxylic acids is 1. The lowest BCUT2D eigenvalue weighted by Gasteiger charge is -2.18. The summed E-state index contributed by atoms with van der Waals surface area (Å²) in [6, 6.07) is 0.484. The van der Waals surface area contributed by atoms with Crippen LogP contribution in [0, 0.1) is 11.8 Å². The highest BCUT2D eigenvalue weighted by atomic mass is 16.2. The van der Waals surface area contributed by atoms with Crippen molar-refractivity contribution in [2.24, 2.45) is 11.8 Å². The number of hydrogen-bond donors (Lipinski definition) is 1. The van der Waals surface area contributed by atoms with Gasteiger partial charge in [0.2, 0.25) is 5.91 Å². The average Bonchev–Trinajstić information content (AvgIpc) is 2.74. The molecule has 2 rings (SSSR count). The zero-order chi connectivity index (χ0) is 11.0. The topological polar surface area (TPSA) is 32.3 Å². The van der Waals surface area contributed by atoms with E-state index in [0.29, 0.717) is 11.9 Å². The summed E-state index contributed by atoms with van der Waals surface area (Å²) >= 11 is 0. The van der Waals surface area contributed by atoms with Crippen molar-refractivity contribution in [3.05, 3.63) is 0 Å². The Morgan fingerprint density at radius 1 is 1.53 bits per heavy atom. The van der Waals surface area contributed by atoms with Crippen LogP contribution >= 0.6 is 0 Å². The fourth-order valence-electron chi connectivity index (χ4n) is 2.41. The van der Waals surface area contributed by atoms with Crippen molar-refractivity contribution >= 4 is 5.91 Å². The minimum absolute atomic E-state index is 0.0825. The van der Waals surface area contributed by atoms with Crippen molar-refractivity contribution in [3.63, 3.8) is 0 Å². The van der Waals surface area contributed by atoms with Crippen molar-refractivity contribution < 1.29 is 4.79 Å². The monoisotopic (exact) mass is 210 g/mol. The molecule has 15 heavy (non-hydrogen) atoms. The third-order valence-electron chi connectivity index (χ3n) is 3.56. The van der Waals surface area contributed by atoms with Crippen LogP contribution in [0.15, 0.2) is 0 Å². The largest absolute Gasteiger partial charge is 0.341 e. The Bertz CT molecular complexity index is 252. The van der Waals surface area contributed by atoms with Crippen LogP contribution in [0.25, 0.3) is 0 Å². The average molecular weight is 210 g/mol.